The minimum absolute atomic E-state index is 0.0433. The lowest BCUT2D eigenvalue weighted by Gasteiger charge is -2.28. The SMILES string of the molecule is COC(=O)c1c(C[NH+]2CCC(C(=O)OC)CC2)nc2ccccc2c1-c1ccccc1. The van der Waals surface area contributed by atoms with Gasteiger partial charge in [0.05, 0.1) is 44.3 Å². The number of aromatic nitrogens is 1. The van der Waals surface area contributed by atoms with Crippen molar-refractivity contribution < 1.29 is 24.0 Å². The zero-order valence-electron chi connectivity index (χ0n) is 17.9. The number of quaternary nitrogens is 1. The summed E-state index contributed by atoms with van der Waals surface area (Å²) in [5.74, 6) is -0.557. The fourth-order valence-electron chi connectivity index (χ4n) is 4.46. The molecule has 0 saturated carbocycles. The Morgan fingerprint density at radius 1 is 0.968 bits per heavy atom. The lowest BCUT2D eigenvalue weighted by Crippen LogP contribution is -3.12. The Morgan fingerprint density at radius 2 is 1.65 bits per heavy atom. The van der Waals surface area contributed by atoms with Crippen molar-refractivity contribution in [2.24, 2.45) is 5.92 Å². The van der Waals surface area contributed by atoms with Crippen LogP contribution in [0.4, 0.5) is 0 Å². The molecule has 1 aromatic heterocycles. The molecule has 4 rings (SSSR count). The molecule has 1 N–H and O–H groups in total. The van der Waals surface area contributed by atoms with E-state index in [4.69, 9.17) is 14.5 Å². The minimum Gasteiger partial charge on any atom is -0.469 e. The molecule has 0 atom stereocenters. The molecule has 3 aromatic rings. The number of pyridine rings is 1. The predicted molar refractivity (Wildman–Crippen MR) is 118 cm³/mol. The maximum Gasteiger partial charge on any atom is 0.340 e. The summed E-state index contributed by atoms with van der Waals surface area (Å²) in [6, 6.07) is 17.8. The molecule has 0 unspecified atom stereocenters. The summed E-state index contributed by atoms with van der Waals surface area (Å²) in [7, 11) is 2.85. The summed E-state index contributed by atoms with van der Waals surface area (Å²) in [5, 5.41) is 0.928. The van der Waals surface area contributed by atoms with Gasteiger partial charge in [0, 0.05) is 23.8 Å². The monoisotopic (exact) mass is 419 g/mol. The Hall–Kier alpha value is -3.25. The number of hydrogen-bond donors (Lipinski definition) is 1. The number of methoxy groups -OCH3 is 2. The molecule has 0 radical (unpaired) electrons. The highest BCUT2D eigenvalue weighted by Gasteiger charge is 2.30. The Labute approximate surface area is 181 Å². The highest BCUT2D eigenvalue weighted by molar-refractivity contribution is 6.07. The standard InChI is InChI=1S/C25H26N2O4/c1-30-24(28)18-12-14-27(15-13-18)16-21-23(25(29)31-2)22(17-8-4-3-5-9-17)19-10-6-7-11-20(19)26-21/h3-11,18H,12-16H2,1-2H3/p+1. The van der Waals surface area contributed by atoms with Crippen molar-refractivity contribution in [2.45, 2.75) is 19.4 Å². The summed E-state index contributed by atoms with van der Waals surface area (Å²) in [4.78, 5) is 31.0. The van der Waals surface area contributed by atoms with Gasteiger partial charge in [0.25, 0.3) is 0 Å². The number of hydrogen-bond acceptors (Lipinski definition) is 5. The van der Waals surface area contributed by atoms with Crippen molar-refractivity contribution in [2.75, 3.05) is 27.3 Å². The molecule has 1 aliphatic rings. The number of fused-ring (bicyclic) bond motifs is 1. The Bertz CT molecular complexity index is 1090. The fraction of sp³-hybridized carbons (Fsp3) is 0.320. The van der Waals surface area contributed by atoms with Crippen LogP contribution in [0.5, 0.6) is 0 Å². The van der Waals surface area contributed by atoms with E-state index in [1.54, 1.807) is 0 Å². The molecule has 0 aliphatic carbocycles. The quantitative estimate of drug-likeness (QED) is 0.644. The topological polar surface area (TPSA) is 69.9 Å². The molecular weight excluding hydrogens is 392 g/mol. The van der Waals surface area contributed by atoms with Crippen LogP contribution in [-0.4, -0.2) is 44.2 Å². The van der Waals surface area contributed by atoms with E-state index < -0.39 is 0 Å². The van der Waals surface area contributed by atoms with Crippen molar-refractivity contribution in [3.63, 3.8) is 0 Å². The second-order valence-electron chi connectivity index (χ2n) is 7.91. The number of nitrogens with zero attached hydrogens (tertiary/aromatic N) is 1. The summed E-state index contributed by atoms with van der Waals surface area (Å²) in [5.41, 5.74) is 3.93. The number of carbonyl (C=O) groups is 2. The Morgan fingerprint density at radius 3 is 2.32 bits per heavy atom. The van der Waals surface area contributed by atoms with E-state index in [0.29, 0.717) is 12.1 Å². The zero-order valence-corrected chi connectivity index (χ0v) is 17.9. The van der Waals surface area contributed by atoms with Gasteiger partial charge in [0.15, 0.2) is 0 Å². The number of carbonyl (C=O) groups excluding carboxylic acids is 2. The van der Waals surface area contributed by atoms with Crippen LogP contribution >= 0.6 is 0 Å². The molecule has 6 heteroatoms. The number of likely N-dealkylation sites (tertiary alicyclic amines) is 1. The van der Waals surface area contributed by atoms with Crippen LogP contribution in [-0.2, 0) is 20.8 Å². The van der Waals surface area contributed by atoms with Crippen LogP contribution in [0.15, 0.2) is 54.6 Å². The van der Waals surface area contributed by atoms with E-state index in [0.717, 1.165) is 53.7 Å². The van der Waals surface area contributed by atoms with Crippen molar-refractivity contribution in [3.8, 4) is 11.1 Å². The Balaban J connectivity index is 1.77. The van der Waals surface area contributed by atoms with Gasteiger partial charge in [-0.05, 0) is 11.6 Å². The minimum atomic E-state index is -0.379. The second kappa shape index (κ2) is 9.27. The summed E-state index contributed by atoms with van der Waals surface area (Å²) < 4.78 is 10.1. The first kappa shape index (κ1) is 21.0. The number of piperidine rings is 1. The Kier molecular flexibility index (Phi) is 6.28. The third-order valence-electron chi connectivity index (χ3n) is 6.06. The van der Waals surface area contributed by atoms with E-state index in [-0.39, 0.29) is 17.9 Å². The van der Waals surface area contributed by atoms with E-state index >= 15 is 0 Å². The first-order chi connectivity index (χ1) is 15.1. The van der Waals surface area contributed by atoms with Gasteiger partial charge in [-0.3, -0.25) is 4.79 Å². The molecule has 2 heterocycles. The van der Waals surface area contributed by atoms with Crippen LogP contribution in [0.1, 0.15) is 28.9 Å². The molecule has 1 aliphatic heterocycles. The first-order valence-electron chi connectivity index (χ1n) is 10.6. The molecule has 6 nitrogen and oxygen atoms in total. The second-order valence-corrected chi connectivity index (χ2v) is 7.91. The van der Waals surface area contributed by atoms with E-state index in [1.165, 1.54) is 19.1 Å². The molecule has 160 valence electrons. The van der Waals surface area contributed by atoms with Gasteiger partial charge in [-0.1, -0.05) is 48.5 Å². The maximum absolute atomic E-state index is 13.0. The van der Waals surface area contributed by atoms with Gasteiger partial charge in [-0.15, -0.1) is 0 Å². The van der Waals surface area contributed by atoms with Gasteiger partial charge >= 0.3 is 11.9 Å². The smallest absolute Gasteiger partial charge is 0.340 e. The number of para-hydroxylation sites is 1. The number of esters is 2. The predicted octanol–water partition coefficient (Wildman–Crippen LogP) is 2.66. The molecule has 0 bridgehead atoms. The molecule has 2 aromatic carbocycles. The average molecular weight is 420 g/mol. The summed E-state index contributed by atoms with van der Waals surface area (Å²) >= 11 is 0. The first-order valence-corrected chi connectivity index (χ1v) is 10.6. The van der Waals surface area contributed by atoms with E-state index in [9.17, 15) is 9.59 Å². The fourth-order valence-corrected chi connectivity index (χ4v) is 4.46. The summed E-state index contributed by atoms with van der Waals surface area (Å²) in [6.45, 7) is 2.26. The zero-order chi connectivity index (χ0) is 21.8. The molecular formula is C25H27N2O4+. The molecule has 31 heavy (non-hydrogen) atoms. The highest BCUT2D eigenvalue weighted by atomic mass is 16.5. The maximum atomic E-state index is 13.0. The number of ether oxygens (including phenoxy) is 2. The molecule has 1 saturated heterocycles. The lowest BCUT2D eigenvalue weighted by molar-refractivity contribution is -0.919. The third-order valence-corrected chi connectivity index (χ3v) is 6.06. The molecule has 0 spiro atoms. The molecule has 0 amide bonds. The van der Waals surface area contributed by atoms with Crippen molar-refractivity contribution in [1.29, 1.82) is 0 Å². The van der Waals surface area contributed by atoms with Crippen LogP contribution < -0.4 is 4.90 Å². The third kappa shape index (κ3) is 4.30. The van der Waals surface area contributed by atoms with E-state index in [1.807, 2.05) is 54.6 Å². The normalized spacial score (nSPS) is 18.5. The van der Waals surface area contributed by atoms with Crippen LogP contribution in [0.2, 0.25) is 0 Å². The summed E-state index contributed by atoms with van der Waals surface area (Å²) in [6.07, 6.45) is 1.55. The van der Waals surface area contributed by atoms with Gasteiger partial charge in [0.1, 0.15) is 12.2 Å². The van der Waals surface area contributed by atoms with Crippen LogP contribution in [0.25, 0.3) is 22.0 Å². The van der Waals surface area contributed by atoms with Gasteiger partial charge in [-0.25, -0.2) is 9.78 Å². The lowest BCUT2D eigenvalue weighted by atomic mass is 9.93. The van der Waals surface area contributed by atoms with Crippen LogP contribution in [0.3, 0.4) is 0 Å². The van der Waals surface area contributed by atoms with Crippen molar-refractivity contribution in [3.05, 3.63) is 65.9 Å². The highest BCUT2D eigenvalue weighted by Crippen LogP contribution is 2.33. The number of benzene rings is 2. The van der Waals surface area contributed by atoms with Gasteiger partial charge < -0.3 is 14.4 Å². The van der Waals surface area contributed by atoms with E-state index in [2.05, 4.69) is 0 Å². The largest absolute Gasteiger partial charge is 0.469 e. The van der Waals surface area contributed by atoms with Crippen molar-refractivity contribution >= 4 is 22.8 Å². The van der Waals surface area contributed by atoms with Gasteiger partial charge in [0.2, 0.25) is 0 Å². The van der Waals surface area contributed by atoms with Crippen LogP contribution in [0, 0.1) is 5.92 Å². The average Bonchev–Trinajstić information content (AvgIpc) is 2.83. The van der Waals surface area contributed by atoms with Gasteiger partial charge in [-0.2, -0.15) is 0 Å². The number of nitrogens with one attached hydrogen (secondary N) is 1. The molecule has 1 fully saturated rings. The van der Waals surface area contributed by atoms with Crippen molar-refractivity contribution in [1.82, 2.24) is 4.98 Å². The number of rotatable bonds is 5.